The number of nitrogens with zero attached hydrogens (tertiary/aromatic N) is 6. The quantitative estimate of drug-likeness (QED) is 0.673. The summed E-state index contributed by atoms with van der Waals surface area (Å²) in [5, 5.41) is 23.8. The second-order valence-electron chi connectivity index (χ2n) is 5.80. The lowest BCUT2D eigenvalue weighted by Crippen LogP contribution is -2.49. The Morgan fingerprint density at radius 2 is 2.04 bits per heavy atom. The predicted octanol–water partition coefficient (Wildman–Crippen LogP) is -0.0400. The van der Waals surface area contributed by atoms with Crippen molar-refractivity contribution in [2.45, 2.75) is 12.1 Å². The van der Waals surface area contributed by atoms with Gasteiger partial charge in [-0.05, 0) is 5.56 Å². The predicted molar refractivity (Wildman–Crippen MR) is 88.3 cm³/mol. The van der Waals surface area contributed by atoms with Crippen LogP contribution >= 0.6 is 0 Å². The summed E-state index contributed by atoms with van der Waals surface area (Å²) in [5.74, 6) is 0.0715. The number of aliphatic hydroxyl groups is 1. The van der Waals surface area contributed by atoms with Crippen molar-refractivity contribution < 1.29 is 14.6 Å². The summed E-state index contributed by atoms with van der Waals surface area (Å²) >= 11 is 0. The number of carbonyl (C=O) groups is 1. The minimum absolute atomic E-state index is 0.105. The van der Waals surface area contributed by atoms with Crippen molar-refractivity contribution in [3.8, 4) is 5.95 Å². The molecule has 0 saturated carbocycles. The third-order valence-corrected chi connectivity index (χ3v) is 4.26. The molecule has 10 nitrogen and oxygen atoms in total. The largest absolute Gasteiger partial charge is 0.394 e. The summed E-state index contributed by atoms with van der Waals surface area (Å²) in [6.45, 7) is 0.538. The first-order chi connectivity index (χ1) is 12.8. The van der Waals surface area contributed by atoms with E-state index >= 15 is 0 Å². The molecule has 0 spiro atoms. The number of morpholine rings is 1. The Kier molecular flexibility index (Phi) is 4.42. The number of H-pyrrole nitrogens is 1. The molecule has 10 heteroatoms. The van der Waals surface area contributed by atoms with Crippen LogP contribution in [0.1, 0.15) is 22.2 Å². The van der Waals surface area contributed by atoms with Crippen molar-refractivity contribution in [3.05, 3.63) is 54.4 Å². The molecule has 3 heterocycles. The van der Waals surface area contributed by atoms with Crippen LogP contribution in [0.25, 0.3) is 5.95 Å². The van der Waals surface area contributed by atoms with E-state index in [-0.39, 0.29) is 24.3 Å². The number of amides is 1. The number of hydrogen-bond donors (Lipinski definition) is 2. The molecule has 1 fully saturated rings. The van der Waals surface area contributed by atoms with Crippen LogP contribution in [0.2, 0.25) is 0 Å². The molecule has 1 saturated heterocycles. The number of aliphatic hydroxyl groups excluding tert-OH is 1. The average molecular weight is 355 g/mol. The third kappa shape index (κ3) is 2.95. The maximum Gasteiger partial charge on any atom is 0.291 e. The lowest BCUT2D eigenvalue weighted by atomic mass is 9.98. The van der Waals surface area contributed by atoms with Gasteiger partial charge in [0, 0.05) is 6.54 Å². The molecule has 4 rings (SSSR count). The topological polar surface area (TPSA) is 122 Å². The highest BCUT2D eigenvalue weighted by Gasteiger charge is 2.37. The number of aromatic nitrogens is 6. The molecule has 3 aromatic rings. The molecule has 0 radical (unpaired) electrons. The first-order valence-electron chi connectivity index (χ1n) is 8.13. The number of benzene rings is 1. The molecule has 1 aromatic carbocycles. The van der Waals surface area contributed by atoms with Crippen LogP contribution in [0.15, 0.2) is 43.0 Å². The lowest BCUT2D eigenvalue weighted by molar-refractivity contribution is -0.0813. The van der Waals surface area contributed by atoms with E-state index in [0.29, 0.717) is 13.2 Å². The Hall–Kier alpha value is -3.11. The van der Waals surface area contributed by atoms with Crippen LogP contribution in [-0.2, 0) is 4.74 Å². The molecular weight excluding hydrogens is 338 g/mol. The van der Waals surface area contributed by atoms with Crippen LogP contribution in [0.4, 0.5) is 0 Å². The molecular formula is C16H17N7O3. The van der Waals surface area contributed by atoms with Gasteiger partial charge in [-0.3, -0.25) is 14.5 Å². The standard InChI is InChI=1S/C16H17N7O3/c24-8-12-13(11-4-2-1-3-5-11)23(6-7-26-12)15(25)14-19-16(21-20-14)22-9-17-18-10-22/h1-5,9-10,12-13,24H,6-8H2,(H,19,20,21)/t12-,13-/m0/s1. The van der Waals surface area contributed by atoms with Gasteiger partial charge in [0.1, 0.15) is 18.8 Å². The first kappa shape index (κ1) is 16.4. The summed E-state index contributed by atoms with van der Waals surface area (Å²) in [4.78, 5) is 18.9. The van der Waals surface area contributed by atoms with E-state index in [9.17, 15) is 9.90 Å². The van der Waals surface area contributed by atoms with E-state index in [1.807, 2.05) is 30.3 Å². The molecule has 0 aliphatic carbocycles. The van der Waals surface area contributed by atoms with Gasteiger partial charge in [0.15, 0.2) is 0 Å². The summed E-state index contributed by atoms with van der Waals surface area (Å²) in [6.07, 6.45) is 2.39. The number of aromatic amines is 1. The first-order valence-corrected chi connectivity index (χ1v) is 8.13. The van der Waals surface area contributed by atoms with Crippen LogP contribution in [-0.4, -0.2) is 71.7 Å². The van der Waals surface area contributed by atoms with Gasteiger partial charge < -0.3 is 14.7 Å². The van der Waals surface area contributed by atoms with Crippen LogP contribution in [0, 0.1) is 0 Å². The maximum absolute atomic E-state index is 13.0. The maximum atomic E-state index is 13.0. The van der Waals surface area contributed by atoms with Gasteiger partial charge in [-0.15, -0.1) is 15.3 Å². The van der Waals surface area contributed by atoms with Gasteiger partial charge in [-0.2, -0.15) is 4.98 Å². The Morgan fingerprint density at radius 1 is 1.27 bits per heavy atom. The summed E-state index contributed by atoms with van der Waals surface area (Å²) in [6, 6.07) is 9.08. The van der Waals surface area contributed by atoms with Gasteiger partial charge in [0.05, 0.1) is 19.3 Å². The van der Waals surface area contributed by atoms with Crippen LogP contribution < -0.4 is 0 Å². The molecule has 1 aliphatic heterocycles. The Labute approximate surface area is 148 Å². The van der Waals surface area contributed by atoms with E-state index in [1.54, 1.807) is 4.90 Å². The summed E-state index contributed by atoms with van der Waals surface area (Å²) in [5.41, 5.74) is 0.887. The van der Waals surface area contributed by atoms with E-state index in [0.717, 1.165) is 5.56 Å². The second kappa shape index (κ2) is 7.02. The van der Waals surface area contributed by atoms with Crippen molar-refractivity contribution in [3.63, 3.8) is 0 Å². The molecule has 2 atom stereocenters. The minimum atomic E-state index is -0.504. The van der Waals surface area contributed by atoms with Gasteiger partial charge in [-0.25, -0.2) is 0 Å². The van der Waals surface area contributed by atoms with E-state index in [1.165, 1.54) is 17.2 Å². The van der Waals surface area contributed by atoms with Gasteiger partial charge >= 0.3 is 0 Å². The van der Waals surface area contributed by atoms with Crippen molar-refractivity contribution in [2.24, 2.45) is 0 Å². The van der Waals surface area contributed by atoms with Gasteiger partial charge in [0.2, 0.25) is 5.82 Å². The van der Waals surface area contributed by atoms with E-state index in [4.69, 9.17) is 4.74 Å². The number of hydrogen-bond acceptors (Lipinski definition) is 7. The Bertz CT molecular complexity index is 865. The highest BCUT2D eigenvalue weighted by molar-refractivity contribution is 5.91. The molecule has 26 heavy (non-hydrogen) atoms. The average Bonchev–Trinajstić information content (AvgIpc) is 3.39. The summed E-state index contributed by atoms with van der Waals surface area (Å²) in [7, 11) is 0. The lowest BCUT2D eigenvalue weighted by Gasteiger charge is -2.40. The summed E-state index contributed by atoms with van der Waals surface area (Å²) < 4.78 is 7.16. The molecule has 134 valence electrons. The SMILES string of the molecule is O=C(c1nc(-n2cnnc2)n[nH]1)N1CCO[C@@H](CO)[C@@H]1c1ccccc1. The smallest absolute Gasteiger partial charge is 0.291 e. The van der Waals surface area contributed by atoms with Crippen molar-refractivity contribution in [1.29, 1.82) is 0 Å². The zero-order chi connectivity index (χ0) is 17.9. The van der Waals surface area contributed by atoms with Crippen LogP contribution in [0.3, 0.4) is 0 Å². The fourth-order valence-corrected chi connectivity index (χ4v) is 3.06. The third-order valence-electron chi connectivity index (χ3n) is 4.26. The van der Waals surface area contributed by atoms with Gasteiger partial charge in [-0.1, -0.05) is 30.3 Å². The molecule has 2 aromatic heterocycles. The number of ether oxygens (including phenoxy) is 1. The van der Waals surface area contributed by atoms with Crippen molar-refractivity contribution in [2.75, 3.05) is 19.8 Å². The minimum Gasteiger partial charge on any atom is -0.394 e. The molecule has 1 aliphatic rings. The zero-order valence-electron chi connectivity index (χ0n) is 13.8. The second-order valence-corrected chi connectivity index (χ2v) is 5.80. The number of nitrogens with one attached hydrogen (secondary N) is 1. The number of rotatable bonds is 4. The molecule has 2 N–H and O–H groups in total. The van der Waals surface area contributed by atoms with Gasteiger partial charge in [0.25, 0.3) is 11.9 Å². The van der Waals surface area contributed by atoms with Crippen LogP contribution in [0.5, 0.6) is 0 Å². The fraction of sp³-hybridized carbons (Fsp3) is 0.312. The number of carbonyl (C=O) groups excluding carboxylic acids is 1. The van der Waals surface area contributed by atoms with Crippen molar-refractivity contribution >= 4 is 5.91 Å². The normalized spacial score (nSPS) is 20.3. The zero-order valence-corrected chi connectivity index (χ0v) is 13.8. The monoisotopic (exact) mass is 355 g/mol. The molecule has 0 bridgehead atoms. The Morgan fingerprint density at radius 3 is 2.77 bits per heavy atom. The molecule has 0 unspecified atom stereocenters. The van der Waals surface area contributed by atoms with E-state index in [2.05, 4.69) is 25.4 Å². The highest BCUT2D eigenvalue weighted by Crippen LogP contribution is 2.30. The Balaban J connectivity index is 1.64. The fourth-order valence-electron chi connectivity index (χ4n) is 3.06. The van der Waals surface area contributed by atoms with E-state index < -0.39 is 12.1 Å². The van der Waals surface area contributed by atoms with Crippen molar-refractivity contribution in [1.82, 2.24) is 34.8 Å². The highest BCUT2D eigenvalue weighted by atomic mass is 16.5. The molecule has 1 amide bonds.